The van der Waals surface area contributed by atoms with Crippen LogP contribution in [0.3, 0.4) is 0 Å². The van der Waals surface area contributed by atoms with Gasteiger partial charge in [0, 0.05) is 6.61 Å². The summed E-state index contributed by atoms with van der Waals surface area (Å²) in [7, 11) is -1.60. The smallest absolute Gasteiger partial charge is 0.402 e. The van der Waals surface area contributed by atoms with Crippen molar-refractivity contribution in [3.8, 4) is 0 Å². The molecular formula is C36H81BN2O3. The molecule has 0 fully saturated rings. The monoisotopic (exact) mass is 601 g/mol. The second kappa shape index (κ2) is 43.0. The van der Waals surface area contributed by atoms with Gasteiger partial charge in [0.1, 0.15) is 0 Å². The van der Waals surface area contributed by atoms with Crippen molar-refractivity contribution in [2.45, 2.75) is 190 Å². The molecule has 0 radical (unpaired) electrons. The van der Waals surface area contributed by atoms with Gasteiger partial charge >= 0.3 is 7.32 Å². The molecule has 0 heterocycles. The topological polar surface area (TPSA) is 56.2 Å². The Morgan fingerprint density at radius 1 is 0.357 bits per heavy atom. The fraction of sp³-hybridized carbons (Fsp3) is 1.00. The maximum absolute atomic E-state index is 8.43. The van der Waals surface area contributed by atoms with E-state index in [1.165, 1.54) is 168 Å². The van der Waals surface area contributed by atoms with Crippen LogP contribution < -0.4 is 0 Å². The van der Waals surface area contributed by atoms with E-state index in [4.69, 9.17) is 10.0 Å². The van der Waals surface area contributed by atoms with E-state index in [9.17, 15) is 0 Å². The molecule has 2 N–H and O–H groups in total. The lowest BCUT2D eigenvalue weighted by atomic mass is 10.1. The van der Waals surface area contributed by atoms with Gasteiger partial charge in [-0.1, -0.05) is 145 Å². The SMILES string of the molecule is CCCCCCCCCCCCOB(O)O.CCCCN(CCCC)CCCC.CCCCN(CCCC)CCCC. The third kappa shape index (κ3) is 44.3. The molecule has 0 bridgehead atoms. The quantitative estimate of drug-likeness (QED) is 0.0635. The van der Waals surface area contributed by atoms with Crippen LogP contribution in [0.2, 0.25) is 0 Å². The van der Waals surface area contributed by atoms with Crippen LogP contribution in [0.1, 0.15) is 190 Å². The lowest BCUT2D eigenvalue weighted by Gasteiger charge is -2.21. The molecule has 0 aromatic heterocycles. The second-order valence-electron chi connectivity index (χ2n) is 12.2. The molecule has 0 aliphatic rings. The summed E-state index contributed by atoms with van der Waals surface area (Å²) >= 11 is 0. The summed E-state index contributed by atoms with van der Waals surface area (Å²) in [6.45, 7) is 24.2. The Hall–Kier alpha value is -0.135. The first-order chi connectivity index (χ1) is 20.5. The Balaban J connectivity index is -0.000000548. The molecule has 0 aliphatic heterocycles. The normalized spacial score (nSPS) is 10.9. The van der Waals surface area contributed by atoms with E-state index in [2.05, 4.69) is 62.9 Å². The summed E-state index contributed by atoms with van der Waals surface area (Å²) in [6.07, 6.45) is 28.9. The third-order valence-electron chi connectivity index (χ3n) is 7.73. The number of nitrogens with zero attached hydrogens (tertiary/aromatic N) is 2. The van der Waals surface area contributed by atoms with E-state index in [1.807, 2.05) is 0 Å². The van der Waals surface area contributed by atoms with Crippen LogP contribution in [0.4, 0.5) is 0 Å². The Morgan fingerprint density at radius 2 is 0.595 bits per heavy atom. The summed E-state index contributed by atoms with van der Waals surface area (Å²) in [5, 5.41) is 16.9. The fourth-order valence-electron chi connectivity index (χ4n) is 4.74. The maximum atomic E-state index is 8.43. The van der Waals surface area contributed by atoms with E-state index in [0.717, 1.165) is 12.8 Å². The summed E-state index contributed by atoms with van der Waals surface area (Å²) in [4.78, 5) is 5.27. The van der Waals surface area contributed by atoms with Crippen LogP contribution >= 0.6 is 0 Å². The van der Waals surface area contributed by atoms with Crippen molar-refractivity contribution in [2.24, 2.45) is 0 Å². The van der Waals surface area contributed by atoms with Crippen molar-refractivity contribution in [3.05, 3.63) is 0 Å². The molecule has 0 aromatic rings. The lowest BCUT2D eigenvalue weighted by molar-refractivity contribution is 0.182. The summed E-state index contributed by atoms with van der Waals surface area (Å²) in [6, 6.07) is 0. The van der Waals surface area contributed by atoms with Crippen molar-refractivity contribution in [1.82, 2.24) is 9.80 Å². The minimum absolute atomic E-state index is 0.453. The van der Waals surface area contributed by atoms with Crippen LogP contribution in [0.5, 0.6) is 0 Å². The van der Waals surface area contributed by atoms with E-state index in [-0.39, 0.29) is 0 Å². The minimum Gasteiger partial charge on any atom is -0.402 e. The average Bonchev–Trinajstić information content (AvgIpc) is 2.99. The highest BCUT2D eigenvalue weighted by atomic mass is 16.6. The molecule has 0 saturated heterocycles. The Bertz CT molecular complexity index is 382. The molecule has 0 aliphatic carbocycles. The van der Waals surface area contributed by atoms with Gasteiger partial charge in [-0.05, 0) is 84.2 Å². The zero-order valence-corrected chi connectivity index (χ0v) is 30.3. The predicted octanol–water partition coefficient (Wildman–Crippen LogP) is 10.3. The molecular weight excluding hydrogens is 519 g/mol. The Labute approximate surface area is 267 Å². The molecule has 0 unspecified atom stereocenters. The molecule has 6 heteroatoms. The van der Waals surface area contributed by atoms with Crippen LogP contribution in [0.15, 0.2) is 0 Å². The molecule has 0 aromatic carbocycles. The fourth-order valence-corrected chi connectivity index (χ4v) is 4.74. The van der Waals surface area contributed by atoms with E-state index < -0.39 is 7.32 Å². The standard InChI is InChI=1S/C12H27BO3.2C12H27N/c1-2-3-4-5-6-7-8-9-10-11-12-16-13(14)15;2*1-4-7-10-13(11-8-5-2)12-9-6-3/h14-15H,2-12H2,1H3;2*4-12H2,1-3H3. The first-order valence-electron chi connectivity index (χ1n) is 18.9. The van der Waals surface area contributed by atoms with Gasteiger partial charge in [0.05, 0.1) is 0 Å². The van der Waals surface area contributed by atoms with Crippen molar-refractivity contribution in [3.63, 3.8) is 0 Å². The molecule has 0 spiro atoms. The predicted molar refractivity (Wildman–Crippen MR) is 190 cm³/mol. The van der Waals surface area contributed by atoms with E-state index in [1.54, 1.807) is 0 Å². The highest BCUT2D eigenvalue weighted by molar-refractivity contribution is 6.32. The lowest BCUT2D eigenvalue weighted by Crippen LogP contribution is -2.27. The summed E-state index contributed by atoms with van der Waals surface area (Å²) in [5.74, 6) is 0. The first kappa shape index (κ1) is 46.3. The zero-order chi connectivity index (χ0) is 31.9. The first-order valence-corrected chi connectivity index (χ1v) is 18.9. The van der Waals surface area contributed by atoms with E-state index >= 15 is 0 Å². The van der Waals surface area contributed by atoms with Crippen molar-refractivity contribution in [1.29, 1.82) is 0 Å². The molecule has 0 atom stereocenters. The molecule has 256 valence electrons. The Kier molecular flexibility index (Phi) is 47.4. The van der Waals surface area contributed by atoms with Crippen molar-refractivity contribution in [2.75, 3.05) is 45.9 Å². The molecule has 5 nitrogen and oxygen atoms in total. The minimum atomic E-state index is -1.60. The van der Waals surface area contributed by atoms with Crippen LogP contribution in [0, 0.1) is 0 Å². The molecule has 0 saturated carbocycles. The van der Waals surface area contributed by atoms with Gasteiger partial charge in [-0.3, -0.25) is 0 Å². The Morgan fingerprint density at radius 3 is 0.833 bits per heavy atom. The summed E-state index contributed by atoms with van der Waals surface area (Å²) in [5.41, 5.74) is 0. The van der Waals surface area contributed by atoms with E-state index in [0.29, 0.717) is 6.61 Å². The van der Waals surface area contributed by atoms with Crippen molar-refractivity contribution >= 4 is 7.32 Å². The maximum Gasteiger partial charge on any atom is 0.633 e. The van der Waals surface area contributed by atoms with Gasteiger partial charge in [0.25, 0.3) is 0 Å². The number of hydrogen-bond acceptors (Lipinski definition) is 5. The highest BCUT2D eigenvalue weighted by Gasteiger charge is 2.06. The van der Waals surface area contributed by atoms with Gasteiger partial charge in [-0.25, -0.2) is 0 Å². The van der Waals surface area contributed by atoms with Gasteiger partial charge < -0.3 is 24.5 Å². The van der Waals surface area contributed by atoms with Crippen LogP contribution in [0.25, 0.3) is 0 Å². The van der Waals surface area contributed by atoms with Gasteiger partial charge in [0.2, 0.25) is 0 Å². The van der Waals surface area contributed by atoms with Crippen molar-refractivity contribution < 1.29 is 14.7 Å². The highest BCUT2D eigenvalue weighted by Crippen LogP contribution is 2.10. The largest absolute Gasteiger partial charge is 0.633 e. The number of rotatable bonds is 30. The number of unbranched alkanes of at least 4 members (excludes halogenated alkanes) is 15. The average molecular weight is 601 g/mol. The molecule has 0 rings (SSSR count). The van der Waals surface area contributed by atoms with Gasteiger partial charge in [-0.2, -0.15) is 0 Å². The van der Waals surface area contributed by atoms with Crippen LogP contribution in [-0.2, 0) is 4.65 Å². The third-order valence-corrected chi connectivity index (χ3v) is 7.73. The zero-order valence-electron chi connectivity index (χ0n) is 30.3. The summed E-state index contributed by atoms with van der Waals surface area (Å²) < 4.78 is 4.62. The van der Waals surface area contributed by atoms with Gasteiger partial charge in [0.15, 0.2) is 0 Å². The van der Waals surface area contributed by atoms with Gasteiger partial charge in [-0.15, -0.1) is 0 Å². The second-order valence-corrected chi connectivity index (χ2v) is 12.2. The molecule has 0 amide bonds. The molecule has 42 heavy (non-hydrogen) atoms. The number of hydrogen-bond donors (Lipinski definition) is 2. The van der Waals surface area contributed by atoms with Crippen LogP contribution in [-0.4, -0.2) is 73.0 Å².